The molecule has 1 saturated heterocycles. The first-order chi connectivity index (χ1) is 14.7. The topological polar surface area (TPSA) is 84.2 Å². The van der Waals surface area contributed by atoms with Crippen molar-refractivity contribution in [3.05, 3.63) is 46.6 Å². The van der Waals surface area contributed by atoms with Gasteiger partial charge in [0.25, 0.3) is 0 Å². The van der Waals surface area contributed by atoms with Crippen LogP contribution >= 0.6 is 11.3 Å². The largest absolute Gasteiger partial charge is 0.355 e. The van der Waals surface area contributed by atoms with E-state index in [0.717, 1.165) is 37.2 Å². The Morgan fingerprint density at radius 2 is 2.27 bits per heavy atom. The number of nitrogens with one attached hydrogen (secondary N) is 1. The number of aryl methyl sites for hydroxylation is 1. The predicted octanol–water partition coefficient (Wildman–Crippen LogP) is 4.24. The van der Waals surface area contributed by atoms with Gasteiger partial charge in [-0.2, -0.15) is 4.98 Å². The number of rotatable bonds is 7. The Labute approximate surface area is 180 Å². The molecule has 7 nitrogen and oxygen atoms in total. The van der Waals surface area contributed by atoms with Crippen molar-refractivity contribution in [1.29, 1.82) is 0 Å². The van der Waals surface area contributed by atoms with Crippen molar-refractivity contribution in [2.24, 2.45) is 5.92 Å². The van der Waals surface area contributed by atoms with E-state index in [1.54, 1.807) is 17.5 Å². The molecule has 4 rings (SSSR count). The first-order valence-corrected chi connectivity index (χ1v) is 11.4. The quantitative estimate of drug-likeness (QED) is 0.610. The summed E-state index contributed by atoms with van der Waals surface area (Å²) in [6, 6.07) is 8.02. The molecule has 0 unspecified atom stereocenters. The molecule has 3 aromatic rings. The number of nitrogens with zero attached hydrogens (tertiary/aromatic N) is 4. The minimum absolute atomic E-state index is 0.0703. The van der Waals surface area contributed by atoms with Crippen LogP contribution in [-0.4, -0.2) is 34.1 Å². The van der Waals surface area contributed by atoms with Crippen LogP contribution in [0.3, 0.4) is 0 Å². The third kappa shape index (κ3) is 4.38. The van der Waals surface area contributed by atoms with E-state index in [4.69, 9.17) is 4.52 Å². The van der Waals surface area contributed by atoms with Crippen LogP contribution in [0.25, 0.3) is 11.4 Å². The first-order valence-electron chi connectivity index (χ1n) is 10.6. The van der Waals surface area contributed by atoms with Crippen LogP contribution in [0.5, 0.6) is 0 Å². The first kappa shape index (κ1) is 20.5. The summed E-state index contributed by atoms with van der Waals surface area (Å²) in [7, 11) is 0. The van der Waals surface area contributed by atoms with Crippen LogP contribution in [-0.2, 0) is 11.2 Å². The van der Waals surface area contributed by atoms with E-state index in [1.807, 2.05) is 25.1 Å². The molecule has 158 valence electrons. The zero-order valence-electron chi connectivity index (χ0n) is 17.4. The molecule has 1 aliphatic heterocycles. The summed E-state index contributed by atoms with van der Waals surface area (Å²) in [4.78, 5) is 25.5. The average molecular weight is 426 g/mol. The van der Waals surface area contributed by atoms with Crippen LogP contribution in [0.2, 0.25) is 0 Å². The molecule has 8 heteroatoms. The second-order valence-electron chi connectivity index (χ2n) is 7.51. The lowest BCUT2D eigenvalue weighted by atomic mass is 9.96. The summed E-state index contributed by atoms with van der Waals surface area (Å²) in [5, 5.41) is 9.42. The SMILES string of the molecule is CCc1nc(-c2cccnc2N2CCC[C@H](C(=O)N[C@H](CC)c3cccs3)C2)no1. The molecule has 1 N–H and O–H groups in total. The second-order valence-corrected chi connectivity index (χ2v) is 8.49. The number of carbonyl (C=O) groups is 1. The van der Waals surface area contributed by atoms with Crippen molar-refractivity contribution in [3.8, 4) is 11.4 Å². The number of carbonyl (C=O) groups excluding carboxylic acids is 1. The summed E-state index contributed by atoms with van der Waals surface area (Å²) >= 11 is 1.69. The molecule has 0 bridgehead atoms. The minimum atomic E-state index is -0.0703. The highest BCUT2D eigenvalue weighted by atomic mass is 32.1. The molecule has 2 atom stereocenters. The fraction of sp³-hybridized carbons (Fsp3) is 0.455. The fourth-order valence-corrected chi connectivity index (χ4v) is 4.73. The molecule has 1 aliphatic rings. The van der Waals surface area contributed by atoms with Crippen molar-refractivity contribution in [1.82, 2.24) is 20.4 Å². The molecular weight excluding hydrogens is 398 g/mol. The van der Waals surface area contributed by atoms with Gasteiger partial charge in [-0.3, -0.25) is 4.79 Å². The summed E-state index contributed by atoms with van der Waals surface area (Å²) in [5.74, 6) is 2.01. The fourth-order valence-electron chi connectivity index (χ4n) is 3.87. The molecule has 1 fully saturated rings. The average Bonchev–Trinajstić information content (AvgIpc) is 3.49. The zero-order chi connectivity index (χ0) is 20.9. The van der Waals surface area contributed by atoms with Crippen LogP contribution < -0.4 is 10.2 Å². The third-order valence-electron chi connectivity index (χ3n) is 5.50. The number of pyridine rings is 1. The van der Waals surface area contributed by atoms with Gasteiger partial charge in [-0.25, -0.2) is 4.98 Å². The highest BCUT2D eigenvalue weighted by molar-refractivity contribution is 7.10. The van der Waals surface area contributed by atoms with Crippen LogP contribution in [0.15, 0.2) is 40.4 Å². The predicted molar refractivity (Wildman–Crippen MR) is 117 cm³/mol. The molecule has 0 spiro atoms. The van der Waals surface area contributed by atoms with E-state index in [-0.39, 0.29) is 17.9 Å². The summed E-state index contributed by atoms with van der Waals surface area (Å²) < 4.78 is 5.29. The monoisotopic (exact) mass is 425 g/mol. The molecule has 0 aliphatic carbocycles. The van der Waals surface area contributed by atoms with E-state index < -0.39 is 0 Å². The Bertz CT molecular complexity index is 972. The van der Waals surface area contributed by atoms with Gasteiger partial charge in [0.1, 0.15) is 5.82 Å². The molecule has 3 aromatic heterocycles. The van der Waals surface area contributed by atoms with Gasteiger partial charge in [-0.1, -0.05) is 25.1 Å². The number of hydrogen-bond acceptors (Lipinski definition) is 7. The smallest absolute Gasteiger partial charge is 0.226 e. The van der Waals surface area contributed by atoms with E-state index in [0.29, 0.717) is 24.7 Å². The van der Waals surface area contributed by atoms with E-state index >= 15 is 0 Å². The van der Waals surface area contributed by atoms with Gasteiger partial charge in [0.15, 0.2) is 0 Å². The number of aromatic nitrogens is 3. The van der Waals surface area contributed by atoms with Gasteiger partial charge in [0.05, 0.1) is 17.5 Å². The summed E-state index contributed by atoms with van der Waals surface area (Å²) in [6.07, 6.45) is 5.17. The van der Waals surface area contributed by atoms with E-state index in [2.05, 4.69) is 43.7 Å². The molecule has 1 amide bonds. The highest BCUT2D eigenvalue weighted by Gasteiger charge is 2.29. The Balaban J connectivity index is 1.50. The zero-order valence-corrected chi connectivity index (χ0v) is 18.2. The molecule has 4 heterocycles. The van der Waals surface area contributed by atoms with E-state index in [9.17, 15) is 4.79 Å². The van der Waals surface area contributed by atoms with Gasteiger partial charge < -0.3 is 14.7 Å². The molecule has 0 saturated carbocycles. The molecule has 0 aromatic carbocycles. The van der Waals surface area contributed by atoms with Crippen LogP contribution in [0.4, 0.5) is 5.82 Å². The van der Waals surface area contributed by atoms with Crippen LogP contribution in [0, 0.1) is 5.92 Å². The normalized spacial score (nSPS) is 17.7. The van der Waals surface area contributed by atoms with Crippen molar-refractivity contribution in [3.63, 3.8) is 0 Å². The van der Waals surface area contributed by atoms with Crippen molar-refractivity contribution >= 4 is 23.1 Å². The van der Waals surface area contributed by atoms with Crippen molar-refractivity contribution < 1.29 is 9.32 Å². The van der Waals surface area contributed by atoms with E-state index in [1.165, 1.54) is 4.88 Å². The van der Waals surface area contributed by atoms with Gasteiger partial charge in [0, 0.05) is 30.6 Å². The Hall–Kier alpha value is -2.74. The Kier molecular flexibility index (Phi) is 6.42. The maximum atomic E-state index is 13.0. The highest BCUT2D eigenvalue weighted by Crippen LogP contribution is 2.31. The van der Waals surface area contributed by atoms with Crippen molar-refractivity contribution in [2.45, 2.75) is 45.6 Å². The molecule has 30 heavy (non-hydrogen) atoms. The number of anilines is 1. The summed E-state index contributed by atoms with van der Waals surface area (Å²) in [6.45, 7) is 5.58. The van der Waals surface area contributed by atoms with Gasteiger partial charge in [0.2, 0.25) is 17.6 Å². The molecule has 0 radical (unpaired) electrons. The minimum Gasteiger partial charge on any atom is -0.355 e. The van der Waals surface area contributed by atoms with Crippen molar-refractivity contribution in [2.75, 3.05) is 18.0 Å². The third-order valence-corrected chi connectivity index (χ3v) is 6.49. The van der Waals surface area contributed by atoms with Gasteiger partial charge >= 0.3 is 0 Å². The van der Waals surface area contributed by atoms with Crippen LogP contribution in [0.1, 0.15) is 49.9 Å². The lowest BCUT2D eigenvalue weighted by Crippen LogP contribution is -2.44. The van der Waals surface area contributed by atoms with Gasteiger partial charge in [-0.15, -0.1) is 11.3 Å². The number of amides is 1. The summed E-state index contributed by atoms with van der Waals surface area (Å²) in [5.41, 5.74) is 0.840. The lowest BCUT2D eigenvalue weighted by molar-refractivity contribution is -0.126. The number of thiophene rings is 1. The number of piperidine rings is 1. The Morgan fingerprint density at radius 1 is 1.37 bits per heavy atom. The maximum Gasteiger partial charge on any atom is 0.226 e. The second kappa shape index (κ2) is 9.38. The number of hydrogen-bond donors (Lipinski definition) is 1. The Morgan fingerprint density at radius 3 is 3.00 bits per heavy atom. The standard InChI is InChI=1S/C22H27N5O2S/c1-3-17(18-10-7-13-30-18)24-22(28)15-8-6-12-27(14-15)21-16(9-5-11-23-21)20-25-19(4-2)29-26-20/h5,7,9-11,13,15,17H,3-4,6,8,12,14H2,1-2H3,(H,24,28)/t15-,17+/m0/s1. The molecular formula is C22H27N5O2S. The lowest BCUT2D eigenvalue weighted by Gasteiger charge is -2.34. The maximum absolute atomic E-state index is 13.0. The van der Waals surface area contributed by atoms with Gasteiger partial charge in [-0.05, 0) is 42.8 Å².